The Morgan fingerprint density at radius 1 is 1.24 bits per heavy atom. The highest BCUT2D eigenvalue weighted by Gasteiger charge is 2.26. The molecule has 1 saturated heterocycles. The average Bonchev–Trinajstić information content (AvgIpc) is 3.48. The van der Waals surface area contributed by atoms with Crippen LogP contribution in [0.3, 0.4) is 0 Å². The van der Waals surface area contributed by atoms with E-state index in [0.717, 1.165) is 67.6 Å². The molecular formula is C24H28N8OS. The van der Waals surface area contributed by atoms with Crippen LogP contribution in [0.4, 0.5) is 10.9 Å². The number of nitrogens with one attached hydrogen (secondary N) is 1. The van der Waals surface area contributed by atoms with Gasteiger partial charge in [-0.15, -0.1) is 11.3 Å². The van der Waals surface area contributed by atoms with Gasteiger partial charge in [-0.3, -0.25) is 9.69 Å². The number of hydrogen-bond acceptors (Lipinski definition) is 8. The number of nitriles is 1. The van der Waals surface area contributed by atoms with Crippen LogP contribution in [0.25, 0.3) is 5.69 Å². The fourth-order valence-corrected chi connectivity index (χ4v) is 6.07. The van der Waals surface area contributed by atoms with Crippen molar-refractivity contribution < 1.29 is 4.79 Å². The summed E-state index contributed by atoms with van der Waals surface area (Å²) in [5, 5.41) is 25.6. The van der Waals surface area contributed by atoms with Gasteiger partial charge >= 0.3 is 0 Å². The first-order valence-corrected chi connectivity index (χ1v) is 12.6. The quantitative estimate of drug-likeness (QED) is 0.583. The van der Waals surface area contributed by atoms with Gasteiger partial charge in [-0.1, -0.05) is 30.2 Å². The summed E-state index contributed by atoms with van der Waals surface area (Å²) in [6.07, 6.45) is 3.45. The zero-order chi connectivity index (χ0) is 23.5. The maximum absolute atomic E-state index is 12.7. The van der Waals surface area contributed by atoms with Crippen LogP contribution in [0, 0.1) is 17.2 Å². The first-order chi connectivity index (χ1) is 16.6. The SMILES string of the molecule is CC1CCc2c(sc(NC(=O)CCN3CCN(c4nnnn4-c4ccccc4)CC3)c2C#N)C1. The van der Waals surface area contributed by atoms with Gasteiger partial charge < -0.3 is 10.2 Å². The molecule has 34 heavy (non-hydrogen) atoms. The van der Waals surface area contributed by atoms with Crippen molar-refractivity contribution in [2.75, 3.05) is 42.9 Å². The van der Waals surface area contributed by atoms with Gasteiger partial charge in [0.15, 0.2) is 0 Å². The van der Waals surface area contributed by atoms with Gasteiger partial charge in [-0.2, -0.15) is 9.94 Å². The summed E-state index contributed by atoms with van der Waals surface area (Å²) in [7, 11) is 0. The summed E-state index contributed by atoms with van der Waals surface area (Å²) >= 11 is 1.58. The molecule has 3 heterocycles. The number of fused-ring (bicyclic) bond motifs is 1. The number of piperazine rings is 1. The summed E-state index contributed by atoms with van der Waals surface area (Å²) in [5.41, 5.74) is 2.75. The van der Waals surface area contributed by atoms with Crippen LogP contribution in [0.1, 0.15) is 35.8 Å². The molecule has 2 aliphatic rings. The third-order valence-electron chi connectivity index (χ3n) is 6.64. The van der Waals surface area contributed by atoms with Gasteiger partial charge in [-0.05, 0) is 53.3 Å². The van der Waals surface area contributed by atoms with Crippen LogP contribution >= 0.6 is 11.3 Å². The van der Waals surface area contributed by atoms with Crippen molar-refractivity contribution in [1.29, 1.82) is 5.26 Å². The number of anilines is 2. The van der Waals surface area contributed by atoms with Gasteiger partial charge in [0.2, 0.25) is 11.9 Å². The van der Waals surface area contributed by atoms with Gasteiger partial charge in [0.05, 0.1) is 11.3 Å². The van der Waals surface area contributed by atoms with Crippen LogP contribution in [0.15, 0.2) is 30.3 Å². The maximum Gasteiger partial charge on any atom is 0.250 e. The molecule has 0 saturated carbocycles. The lowest BCUT2D eigenvalue weighted by Crippen LogP contribution is -2.47. The van der Waals surface area contributed by atoms with Crippen molar-refractivity contribution in [3.05, 3.63) is 46.3 Å². The van der Waals surface area contributed by atoms with E-state index in [1.165, 1.54) is 4.88 Å². The minimum atomic E-state index is -0.0291. The molecule has 1 aliphatic heterocycles. The van der Waals surface area contributed by atoms with Crippen molar-refractivity contribution in [3.8, 4) is 11.8 Å². The number of benzene rings is 1. The molecule has 9 nitrogen and oxygen atoms in total. The van der Waals surface area contributed by atoms with Crippen LogP contribution in [0.2, 0.25) is 0 Å². The third-order valence-corrected chi connectivity index (χ3v) is 7.81. The normalized spacial score (nSPS) is 18.4. The topological polar surface area (TPSA) is 103 Å². The van der Waals surface area contributed by atoms with E-state index in [4.69, 9.17) is 0 Å². The Bertz CT molecular complexity index is 1190. The molecule has 1 fully saturated rings. The van der Waals surface area contributed by atoms with E-state index in [1.54, 1.807) is 16.0 Å². The number of thiophene rings is 1. The Morgan fingerprint density at radius 2 is 2.03 bits per heavy atom. The minimum Gasteiger partial charge on any atom is -0.337 e. The zero-order valence-electron chi connectivity index (χ0n) is 19.3. The highest BCUT2D eigenvalue weighted by atomic mass is 32.1. The second-order valence-electron chi connectivity index (χ2n) is 9.02. The lowest BCUT2D eigenvalue weighted by Gasteiger charge is -2.34. The second-order valence-corrected chi connectivity index (χ2v) is 10.1. The first kappa shape index (κ1) is 22.5. The van der Waals surface area contributed by atoms with E-state index in [-0.39, 0.29) is 5.91 Å². The summed E-state index contributed by atoms with van der Waals surface area (Å²) in [6, 6.07) is 12.2. The molecular weight excluding hydrogens is 448 g/mol. The molecule has 0 spiro atoms. The summed E-state index contributed by atoms with van der Waals surface area (Å²) < 4.78 is 1.76. The van der Waals surface area contributed by atoms with E-state index >= 15 is 0 Å². The molecule has 1 atom stereocenters. The van der Waals surface area contributed by atoms with Crippen molar-refractivity contribution >= 4 is 28.2 Å². The Balaban J connectivity index is 1.13. The predicted octanol–water partition coefficient (Wildman–Crippen LogP) is 2.87. The van der Waals surface area contributed by atoms with Crippen molar-refractivity contribution in [2.24, 2.45) is 5.92 Å². The number of para-hydroxylation sites is 1. The predicted molar refractivity (Wildman–Crippen MR) is 131 cm³/mol. The molecule has 10 heteroatoms. The number of amides is 1. The van der Waals surface area contributed by atoms with Gasteiger partial charge in [0.1, 0.15) is 11.1 Å². The standard InChI is InChI=1S/C24H28N8OS/c1-17-7-8-19-20(16-25)23(34-21(19)15-17)26-22(33)9-10-30-11-13-31(14-12-30)24-27-28-29-32(24)18-5-3-2-4-6-18/h2-6,17H,7-15H2,1H3,(H,26,33). The zero-order valence-corrected chi connectivity index (χ0v) is 20.1. The lowest BCUT2D eigenvalue weighted by atomic mass is 9.89. The smallest absolute Gasteiger partial charge is 0.250 e. The Hall–Kier alpha value is -3.29. The van der Waals surface area contributed by atoms with Crippen molar-refractivity contribution in [1.82, 2.24) is 25.1 Å². The van der Waals surface area contributed by atoms with Crippen LogP contribution < -0.4 is 10.2 Å². The maximum atomic E-state index is 12.7. The highest BCUT2D eigenvalue weighted by Crippen LogP contribution is 2.39. The number of carbonyl (C=O) groups excluding carboxylic acids is 1. The number of aromatic nitrogens is 4. The summed E-state index contributed by atoms with van der Waals surface area (Å²) in [4.78, 5) is 18.4. The molecule has 2 aromatic heterocycles. The Labute approximate surface area is 203 Å². The molecule has 1 aromatic carbocycles. The van der Waals surface area contributed by atoms with Gasteiger partial charge in [0.25, 0.3) is 0 Å². The second kappa shape index (κ2) is 9.91. The fourth-order valence-electron chi connectivity index (χ4n) is 4.69. The molecule has 0 radical (unpaired) electrons. The van der Waals surface area contributed by atoms with Crippen LogP contribution in [-0.2, 0) is 17.6 Å². The van der Waals surface area contributed by atoms with Crippen molar-refractivity contribution in [3.63, 3.8) is 0 Å². The molecule has 0 bridgehead atoms. The average molecular weight is 477 g/mol. The van der Waals surface area contributed by atoms with Gasteiger partial charge in [0, 0.05) is 44.0 Å². The number of tetrazole rings is 1. The van der Waals surface area contributed by atoms with E-state index < -0.39 is 0 Å². The van der Waals surface area contributed by atoms with E-state index in [2.05, 4.69) is 43.6 Å². The van der Waals surface area contributed by atoms with E-state index in [9.17, 15) is 10.1 Å². The van der Waals surface area contributed by atoms with Crippen molar-refractivity contribution in [2.45, 2.75) is 32.6 Å². The number of carbonyl (C=O) groups is 1. The first-order valence-electron chi connectivity index (χ1n) is 11.8. The molecule has 5 rings (SSSR count). The van der Waals surface area contributed by atoms with E-state index in [1.807, 2.05) is 30.3 Å². The molecule has 3 aromatic rings. The summed E-state index contributed by atoms with van der Waals surface area (Å²) in [5.74, 6) is 1.35. The third kappa shape index (κ3) is 4.67. The van der Waals surface area contributed by atoms with Crippen LogP contribution in [-0.4, -0.2) is 63.7 Å². The lowest BCUT2D eigenvalue weighted by molar-refractivity contribution is -0.116. The number of nitrogens with zero attached hydrogens (tertiary/aromatic N) is 7. The fraction of sp³-hybridized carbons (Fsp3) is 0.458. The minimum absolute atomic E-state index is 0.0291. The van der Waals surface area contributed by atoms with E-state index in [0.29, 0.717) is 24.4 Å². The largest absolute Gasteiger partial charge is 0.337 e. The monoisotopic (exact) mass is 476 g/mol. The number of rotatable bonds is 6. The van der Waals surface area contributed by atoms with Crippen LogP contribution in [0.5, 0.6) is 0 Å². The Morgan fingerprint density at radius 3 is 2.79 bits per heavy atom. The Kier molecular flexibility index (Phi) is 6.56. The number of hydrogen-bond donors (Lipinski definition) is 1. The molecule has 176 valence electrons. The van der Waals surface area contributed by atoms with Gasteiger partial charge in [-0.25, -0.2) is 0 Å². The molecule has 1 unspecified atom stereocenters. The molecule has 1 aliphatic carbocycles. The molecule has 1 N–H and O–H groups in total. The highest BCUT2D eigenvalue weighted by molar-refractivity contribution is 7.16. The molecule has 1 amide bonds. The summed E-state index contributed by atoms with van der Waals surface area (Å²) in [6.45, 7) is 6.20.